The van der Waals surface area contributed by atoms with E-state index in [1.54, 1.807) is 0 Å². The van der Waals surface area contributed by atoms with Gasteiger partial charge in [-0.25, -0.2) is 15.0 Å². The van der Waals surface area contributed by atoms with E-state index < -0.39 is 0 Å². The number of halogens is 1. The minimum absolute atomic E-state index is 0.634. The van der Waals surface area contributed by atoms with Crippen LogP contribution in [0.1, 0.15) is 0 Å². The Morgan fingerprint density at radius 3 is 2.35 bits per heavy atom. The van der Waals surface area contributed by atoms with Crippen LogP contribution < -0.4 is 0 Å². The number of para-hydroxylation sites is 2. The smallest absolute Gasteiger partial charge is 0.198 e. The zero-order valence-electron chi connectivity index (χ0n) is 12.3. The summed E-state index contributed by atoms with van der Waals surface area (Å²) in [5, 5.41) is 0. The summed E-state index contributed by atoms with van der Waals surface area (Å²) in [6.45, 7) is 4.48. The fraction of sp³-hybridized carbons (Fsp3) is 0.0556. The van der Waals surface area contributed by atoms with Crippen LogP contribution in [-0.4, -0.2) is 19.5 Å². The first-order valence-electron chi connectivity index (χ1n) is 7.26. The molecule has 0 saturated heterocycles. The first kappa shape index (κ1) is 14.1. The van der Waals surface area contributed by atoms with Crippen molar-refractivity contribution >= 4 is 38.3 Å². The van der Waals surface area contributed by atoms with E-state index in [1.165, 1.54) is 0 Å². The second-order valence-electron chi connectivity index (χ2n) is 5.20. The number of imidazole rings is 1. The largest absolute Gasteiger partial charge is 0.303 e. The molecule has 0 atom stereocenters. The maximum absolute atomic E-state index is 4.74. The third-order valence-electron chi connectivity index (χ3n) is 3.67. The average Bonchev–Trinajstić information content (AvgIpc) is 2.92. The molecule has 2 aromatic carbocycles. The molecule has 0 spiro atoms. The zero-order chi connectivity index (χ0) is 15.8. The molecule has 0 fully saturated rings. The summed E-state index contributed by atoms with van der Waals surface area (Å²) < 4.78 is 3.08. The maximum atomic E-state index is 4.74. The van der Waals surface area contributed by atoms with Gasteiger partial charge in [0.2, 0.25) is 0 Å². The van der Waals surface area contributed by atoms with Gasteiger partial charge in [0, 0.05) is 16.6 Å². The molecule has 2 aromatic heterocycles. The van der Waals surface area contributed by atoms with Gasteiger partial charge in [0.1, 0.15) is 5.82 Å². The summed E-state index contributed by atoms with van der Waals surface area (Å²) in [5.41, 5.74) is 4.18. The Labute approximate surface area is 141 Å². The van der Waals surface area contributed by atoms with Crippen molar-refractivity contribution in [3.8, 4) is 11.4 Å². The number of allylic oxidation sites excluding steroid dienone is 1. The third-order valence-corrected chi connectivity index (χ3v) is 4.20. The highest BCUT2D eigenvalue weighted by atomic mass is 79.9. The van der Waals surface area contributed by atoms with Crippen LogP contribution >= 0.6 is 15.9 Å². The summed E-state index contributed by atoms with van der Waals surface area (Å²) in [6.07, 6.45) is 1.85. The van der Waals surface area contributed by atoms with E-state index in [1.807, 2.05) is 59.2 Å². The van der Waals surface area contributed by atoms with Crippen molar-refractivity contribution in [2.75, 3.05) is 0 Å². The minimum atomic E-state index is 0.634. The van der Waals surface area contributed by atoms with Crippen molar-refractivity contribution in [2.24, 2.45) is 0 Å². The van der Waals surface area contributed by atoms with E-state index in [4.69, 9.17) is 9.97 Å². The highest BCUT2D eigenvalue weighted by molar-refractivity contribution is 9.10. The Balaban J connectivity index is 2.02. The van der Waals surface area contributed by atoms with Crippen molar-refractivity contribution in [1.29, 1.82) is 0 Å². The van der Waals surface area contributed by atoms with Crippen LogP contribution in [0.25, 0.3) is 33.7 Å². The predicted octanol–water partition coefficient (Wildman–Crippen LogP) is 4.60. The van der Waals surface area contributed by atoms with Crippen LogP contribution in [-0.2, 0) is 6.54 Å². The lowest BCUT2D eigenvalue weighted by Crippen LogP contribution is -2.00. The van der Waals surface area contributed by atoms with E-state index in [9.17, 15) is 0 Å². The highest BCUT2D eigenvalue weighted by Gasteiger charge is 2.15. The maximum Gasteiger partial charge on any atom is 0.198 e. The molecule has 2 heterocycles. The van der Waals surface area contributed by atoms with Crippen molar-refractivity contribution in [3.05, 3.63) is 65.7 Å². The summed E-state index contributed by atoms with van der Waals surface area (Å²) >= 11 is 3.46. The normalized spacial score (nSPS) is 11.2. The summed E-state index contributed by atoms with van der Waals surface area (Å²) in [7, 11) is 0. The summed E-state index contributed by atoms with van der Waals surface area (Å²) in [5.74, 6) is 0.850. The van der Waals surface area contributed by atoms with Gasteiger partial charge in [0.15, 0.2) is 11.3 Å². The number of hydrogen-bond acceptors (Lipinski definition) is 3. The molecule has 0 aliphatic heterocycles. The van der Waals surface area contributed by atoms with E-state index in [2.05, 4.69) is 27.5 Å². The molecule has 0 aliphatic rings. The van der Waals surface area contributed by atoms with E-state index in [0.717, 1.165) is 32.5 Å². The number of hydrogen-bond donors (Lipinski definition) is 0. The number of aromatic nitrogens is 4. The molecule has 4 aromatic rings. The van der Waals surface area contributed by atoms with Gasteiger partial charge in [0.25, 0.3) is 0 Å². The first-order valence-corrected chi connectivity index (χ1v) is 8.05. The molecule has 4 rings (SSSR count). The van der Waals surface area contributed by atoms with Gasteiger partial charge >= 0.3 is 0 Å². The van der Waals surface area contributed by atoms with Gasteiger partial charge in [-0.1, -0.05) is 46.3 Å². The molecule has 0 unspecified atom stereocenters. The SMILES string of the molecule is C=CCn1c(-c2ccc(Br)cc2)nc2nc3ccccc3nc21. The molecule has 0 bridgehead atoms. The quantitative estimate of drug-likeness (QED) is 0.499. The molecule has 4 nitrogen and oxygen atoms in total. The fourth-order valence-corrected chi connectivity index (χ4v) is 2.88. The second kappa shape index (κ2) is 5.59. The van der Waals surface area contributed by atoms with Crippen LogP contribution in [0.2, 0.25) is 0 Å². The van der Waals surface area contributed by atoms with E-state index in [0.29, 0.717) is 12.2 Å². The molecule has 0 N–H and O–H groups in total. The first-order chi connectivity index (χ1) is 11.3. The van der Waals surface area contributed by atoms with Crippen molar-refractivity contribution in [2.45, 2.75) is 6.54 Å². The average molecular weight is 365 g/mol. The van der Waals surface area contributed by atoms with Crippen LogP contribution in [0.5, 0.6) is 0 Å². The Bertz CT molecular complexity index is 1020. The molecule has 112 valence electrons. The Morgan fingerprint density at radius 2 is 1.65 bits per heavy atom. The Hall–Kier alpha value is -2.53. The molecule has 0 amide bonds. The highest BCUT2D eigenvalue weighted by Crippen LogP contribution is 2.25. The van der Waals surface area contributed by atoms with Crippen molar-refractivity contribution < 1.29 is 0 Å². The standard InChI is InChI=1S/C18H13BrN4/c1-2-11-23-17(12-7-9-13(19)10-8-12)22-16-18(23)21-15-6-4-3-5-14(15)20-16/h2-10H,1,11H2. The number of benzene rings is 2. The molecule has 0 saturated carbocycles. The molecule has 0 aliphatic carbocycles. The monoisotopic (exact) mass is 364 g/mol. The molecule has 23 heavy (non-hydrogen) atoms. The Morgan fingerprint density at radius 1 is 0.957 bits per heavy atom. The van der Waals surface area contributed by atoms with Crippen LogP contribution in [0.15, 0.2) is 65.7 Å². The molecular weight excluding hydrogens is 352 g/mol. The van der Waals surface area contributed by atoms with E-state index in [-0.39, 0.29) is 0 Å². The second-order valence-corrected chi connectivity index (χ2v) is 6.12. The molecule has 5 heteroatoms. The van der Waals surface area contributed by atoms with Crippen LogP contribution in [0, 0.1) is 0 Å². The topological polar surface area (TPSA) is 43.6 Å². The van der Waals surface area contributed by atoms with Crippen molar-refractivity contribution in [1.82, 2.24) is 19.5 Å². The Kier molecular flexibility index (Phi) is 3.42. The lowest BCUT2D eigenvalue weighted by Gasteiger charge is -2.06. The van der Waals surface area contributed by atoms with Gasteiger partial charge in [-0.2, -0.15) is 0 Å². The zero-order valence-corrected chi connectivity index (χ0v) is 13.9. The lowest BCUT2D eigenvalue weighted by molar-refractivity contribution is 0.851. The predicted molar refractivity (Wildman–Crippen MR) is 96.2 cm³/mol. The van der Waals surface area contributed by atoms with Gasteiger partial charge in [0.05, 0.1) is 11.0 Å². The fourth-order valence-electron chi connectivity index (χ4n) is 2.62. The van der Waals surface area contributed by atoms with Gasteiger partial charge in [-0.3, -0.25) is 0 Å². The lowest BCUT2D eigenvalue weighted by atomic mass is 10.2. The third kappa shape index (κ3) is 2.43. The minimum Gasteiger partial charge on any atom is -0.303 e. The summed E-state index contributed by atoms with van der Waals surface area (Å²) in [6, 6.07) is 15.9. The van der Waals surface area contributed by atoms with Gasteiger partial charge in [-0.15, -0.1) is 6.58 Å². The number of rotatable bonds is 3. The number of nitrogens with zero attached hydrogens (tertiary/aromatic N) is 4. The van der Waals surface area contributed by atoms with Crippen LogP contribution in [0.4, 0.5) is 0 Å². The van der Waals surface area contributed by atoms with Gasteiger partial charge in [-0.05, 0) is 24.3 Å². The number of fused-ring (bicyclic) bond motifs is 2. The van der Waals surface area contributed by atoms with Crippen LogP contribution in [0.3, 0.4) is 0 Å². The summed E-state index contributed by atoms with van der Waals surface area (Å²) in [4.78, 5) is 14.1. The molecule has 0 radical (unpaired) electrons. The van der Waals surface area contributed by atoms with Gasteiger partial charge < -0.3 is 4.57 Å². The van der Waals surface area contributed by atoms with E-state index >= 15 is 0 Å². The molecular formula is C18H13BrN4. The van der Waals surface area contributed by atoms with Crippen molar-refractivity contribution in [3.63, 3.8) is 0 Å².